The highest BCUT2D eigenvalue weighted by Crippen LogP contribution is 2.41. The SMILES string of the molecule is COc1cc(-c2cnc3c(n2)N(Cc2ccccc2Cl)C(=O)[N]3)cc(OC)c1OC. The molecule has 0 saturated heterocycles. The Bertz CT molecular complexity index is 1100. The van der Waals surface area contributed by atoms with Crippen molar-refractivity contribution >= 4 is 29.3 Å². The molecule has 4 rings (SSSR count). The van der Waals surface area contributed by atoms with Crippen LogP contribution >= 0.6 is 11.6 Å². The zero-order valence-corrected chi connectivity index (χ0v) is 17.3. The Morgan fingerprint density at radius 2 is 1.73 bits per heavy atom. The number of halogens is 1. The summed E-state index contributed by atoms with van der Waals surface area (Å²) in [7, 11) is 4.62. The number of anilines is 1. The third kappa shape index (κ3) is 3.46. The van der Waals surface area contributed by atoms with Crippen LogP contribution in [0.1, 0.15) is 5.56 Å². The van der Waals surface area contributed by atoms with E-state index in [1.807, 2.05) is 18.2 Å². The molecule has 9 heteroatoms. The second-order valence-corrected chi connectivity index (χ2v) is 6.80. The lowest BCUT2D eigenvalue weighted by Gasteiger charge is -2.16. The quantitative estimate of drug-likeness (QED) is 0.588. The molecule has 0 spiro atoms. The van der Waals surface area contributed by atoms with Crippen molar-refractivity contribution < 1.29 is 19.0 Å². The highest BCUT2D eigenvalue weighted by molar-refractivity contribution is 6.31. The van der Waals surface area contributed by atoms with Gasteiger partial charge < -0.3 is 14.2 Å². The summed E-state index contributed by atoms with van der Waals surface area (Å²) < 4.78 is 16.2. The van der Waals surface area contributed by atoms with Crippen molar-refractivity contribution in [3.63, 3.8) is 0 Å². The van der Waals surface area contributed by atoms with Crippen molar-refractivity contribution in [2.24, 2.45) is 0 Å². The fourth-order valence-electron chi connectivity index (χ4n) is 3.18. The third-order valence-electron chi connectivity index (χ3n) is 4.67. The van der Waals surface area contributed by atoms with Gasteiger partial charge in [-0.1, -0.05) is 29.8 Å². The van der Waals surface area contributed by atoms with E-state index in [9.17, 15) is 4.79 Å². The number of amides is 2. The van der Waals surface area contributed by atoms with E-state index in [1.54, 1.807) is 38.6 Å². The summed E-state index contributed by atoms with van der Waals surface area (Å²) in [6.45, 7) is 0.238. The van der Waals surface area contributed by atoms with Crippen molar-refractivity contribution in [3.8, 4) is 28.5 Å². The predicted octanol–water partition coefficient (Wildman–Crippen LogP) is 4.20. The highest BCUT2D eigenvalue weighted by Gasteiger charge is 2.32. The van der Waals surface area contributed by atoms with Crippen LogP contribution in [0, 0.1) is 0 Å². The normalized spacial score (nSPS) is 12.4. The van der Waals surface area contributed by atoms with Gasteiger partial charge in [0, 0.05) is 10.6 Å². The van der Waals surface area contributed by atoms with Gasteiger partial charge in [0.25, 0.3) is 0 Å². The summed E-state index contributed by atoms with van der Waals surface area (Å²) in [6, 6.07) is 10.4. The molecular formula is C21H18ClN4O4. The smallest absolute Gasteiger partial charge is 0.351 e. The molecule has 0 aliphatic carbocycles. The van der Waals surface area contributed by atoms with Gasteiger partial charge in [-0.25, -0.2) is 14.8 Å². The molecule has 1 aliphatic heterocycles. The van der Waals surface area contributed by atoms with E-state index in [1.165, 1.54) is 12.0 Å². The number of aromatic nitrogens is 2. The van der Waals surface area contributed by atoms with Crippen molar-refractivity contribution in [1.82, 2.24) is 15.3 Å². The number of hydrogen-bond donors (Lipinski definition) is 0. The van der Waals surface area contributed by atoms with E-state index in [-0.39, 0.29) is 12.4 Å². The molecule has 153 valence electrons. The van der Waals surface area contributed by atoms with Gasteiger partial charge in [0.05, 0.1) is 39.8 Å². The zero-order valence-electron chi connectivity index (χ0n) is 16.5. The number of ether oxygens (including phenoxy) is 3. The Kier molecular flexibility index (Phi) is 5.33. The second kappa shape index (κ2) is 8.08. The summed E-state index contributed by atoms with van der Waals surface area (Å²) in [5, 5.41) is 4.55. The maximum Gasteiger partial charge on any atom is 0.351 e. The summed E-state index contributed by atoms with van der Waals surface area (Å²) >= 11 is 6.26. The first kappa shape index (κ1) is 19.8. The van der Waals surface area contributed by atoms with E-state index in [4.69, 9.17) is 25.8 Å². The molecule has 0 atom stereocenters. The maximum atomic E-state index is 12.5. The van der Waals surface area contributed by atoms with Crippen LogP contribution < -0.4 is 24.4 Å². The minimum Gasteiger partial charge on any atom is -0.493 e. The minimum atomic E-state index is -0.438. The molecule has 8 nitrogen and oxygen atoms in total. The van der Waals surface area contributed by atoms with E-state index < -0.39 is 6.03 Å². The molecule has 3 aromatic rings. The first-order valence-electron chi connectivity index (χ1n) is 8.99. The van der Waals surface area contributed by atoms with Gasteiger partial charge in [0.1, 0.15) is 0 Å². The monoisotopic (exact) mass is 425 g/mol. The minimum absolute atomic E-state index is 0.238. The number of carbonyl (C=O) groups excluding carboxylic acids is 1. The topological polar surface area (TPSA) is 87.9 Å². The fraction of sp³-hybridized carbons (Fsp3) is 0.190. The lowest BCUT2D eigenvalue weighted by atomic mass is 10.1. The van der Waals surface area contributed by atoms with E-state index in [2.05, 4.69) is 15.3 Å². The van der Waals surface area contributed by atoms with Crippen molar-refractivity contribution in [1.29, 1.82) is 0 Å². The average molecular weight is 426 g/mol. The number of hydrogen-bond acceptors (Lipinski definition) is 6. The van der Waals surface area contributed by atoms with Crippen LogP contribution in [0.4, 0.5) is 16.4 Å². The molecule has 1 aliphatic rings. The van der Waals surface area contributed by atoms with Crippen LogP contribution in [0.2, 0.25) is 5.02 Å². The lowest BCUT2D eigenvalue weighted by Crippen LogP contribution is -2.28. The number of carbonyl (C=O) groups is 1. The van der Waals surface area contributed by atoms with E-state index in [0.29, 0.717) is 39.3 Å². The molecule has 0 bridgehead atoms. The van der Waals surface area contributed by atoms with Gasteiger partial charge in [-0.15, -0.1) is 0 Å². The largest absolute Gasteiger partial charge is 0.493 e. The zero-order chi connectivity index (χ0) is 21.3. The number of nitrogens with zero attached hydrogens (tertiary/aromatic N) is 4. The summed E-state index contributed by atoms with van der Waals surface area (Å²) in [5.41, 5.74) is 2.01. The van der Waals surface area contributed by atoms with Crippen LogP contribution in [-0.4, -0.2) is 37.3 Å². The van der Waals surface area contributed by atoms with Crippen LogP contribution in [-0.2, 0) is 6.54 Å². The Hall–Kier alpha value is -3.52. The Balaban J connectivity index is 1.75. The molecule has 0 saturated carbocycles. The Morgan fingerprint density at radius 1 is 1.03 bits per heavy atom. The molecule has 0 unspecified atom stereocenters. The molecule has 0 fully saturated rings. The van der Waals surface area contributed by atoms with E-state index >= 15 is 0 Å². The molecule has 1 aromatic heterocycles. The first-order valence-corrected chi connectivity index (χ1v) is 9.37. The average Bonchev–Trinajstić information content (AvgIpc) is 3.08. The van der Waals surface area contributed by atoms with Crippen LogP contribution in [0.15, 0.2) is 42.6 Å². The van der Waals surface area contributed by atoms with Crippen molar-refractivity contribution in [3.05, 3.63) is 53.2 Å². The standard InChI is InChI=1S/C21H18ClN4O4/c1-28-16-8-13(9-17(29-2)18(16)30-3)15-10-23-19-20(24-15)26(21(27)25-19)11-12-6-4-5-7-14(12)22/h4-10H,11H2,1-3H3. The van der Waals surface area contributed by atoms with Gasteiger partial charge in [-0.05, 0) is 23.8 Å². The predicted molar refractivity (Wildman–Crippen MR) is 112 cm³/mol. The molecule has 2 aromatic carbocycles. The van der Waals surface area contributed by atoms with Gasteiger partial charge in [-0.3, -0.25) is 4.90 Å². The fourth-order valence-corrected chi connectivity index (χ4v) is 3.38. The van der Waals surface area contributed by atoms with Crippen LogP contribution in [0.25, 0.3) is 11.3 Å². The van der Waals surface area contributed by atoms with Crippen molar-refractivity contribution in [2.45, 2.75) is 6.54 Å². The van der Waals surface area contributed by atoms with Gasteiger partial charge in [-0.2, -0.15) is 5.32 Å². The number of fused-ring (bicyclic) bond motifs is 1. The number of rotatable bonds is 6. The molecular weight excluding hydrogens is 408 g/mol. The second-order valence-electron chi connectivity index (χ2n) is 6.39. The first-order chi connectivity index (χ1) is 14.5. The van der Waals surface area contributed by atoms with Gasteiger partial charge in [0.2, 0.25) is 11.6 Å². The number of benzene rings is 2. The molecule has 30 heavy (non-hydrogen) atoms. The van der Waals surface area contributed by atoms with Crippen LogP contribution in [0.3, 0.4) is 0 Å². The number of urea groups is 1. The molecule has 2 amide bonds. The summed E-state index contributed by atoms with van der Waals surface area (Å²) in [5.74, 6) is 2.09. The highest BCUT2D eigenvalue weighted by atomic mass is 35.5. The number of methoxy groups -OCH3 is 3. The lowest BCUT2D eigenvalue weighted by molar-refractivity contribution is 0.250. The summed E-state index contributed by atoms with van der Waals surface area (Å²) in [4.78, 5) is 22.9. The molecule has 0 N–H and O–H groups in total. The Morgan fingerprint density at radius 3 is 2.37 bits per heavy atom. The molecule has 2 heterocycles. The van der Waals surface area contributed by atoms with Gasteiger partial charge >= 0.3 is 6.03 Å². The van der Waals surface area contributed by atoms with Gasteiger partial charge in [0.15, 0.2) is 17.3 Å². The van der Waals surface area contributed by atoms with Crippen molar-refractivity contribution in [2.75, 3.05) is 26.2 Å². The maximum absolute atomic E-state index is 12.5. The third-order valence-corrected chi connectivity index (χ3v) is 5.04. The summed E-state index contributed by atoms with van der Waals surface area (Å²) in [6.07, 6.45) is 1.55. The van der Waals surface area contributed by atoms with E-state index in [0.717, 1.165) is 5.56 Å². The van der Waals surface area contributed by atoms with Crippen LogP contribution in [0.5, 0.6) is 17.2 Å². The molecule has 1 radical (unpaired) electrons. The Labute approximate surface area is 178 Å².